The standard InChI is InChI=1S/C11H23N3/c1-9(2)13-11(7-12)8-14-5-3-10(11)4-6-14/h9-10,13H,3-8,12H2,1-2H3. The maximum Gasteiger partial charge on any atom is 0.0463 e. The van der Waals surface area contributed by atoms with Crippen molar-refractivity contribution in [3.05, 3.63) is 0 Å². The van der Waals surface area contributed by atoms with E-state index in [0.29, 0.717) is 6.04 Å². The van der Waals surface area contributed by atoms with Gasteiger partial charge in [0.25, 0.3) is 0 Å². The van der Waals surface area contributed by atoms with Crippen LogP contribution in [0.5, 0.6) is 0 Å². The Morgan fingerprint density at radius 3 is 2.43 bits per heavy atom. The highest BCUT2D eigenvalue weighted by Crippen LogP contribution is 2.35. The minimum Gasteiger partial charge on any atom is -0.329 e. The van der Waals surface area contributed by atoms with E-state index in [1.807, 2.05) is 0 Å². The summed E-state index contributed by atoms with van der Waals surface area (Å²) in [6.45, 7) is 8.95. The Labute approximate surface area is 87.0 Å². The van der Waals surface area contributed by atoms with Gasteiger partial charge in [-0.3, -0.25) is 0 Å². The zero-order valence-electron chi connectivity index (χ0n) is 9.42. The van der Waals surface area contributed by atoms with E-state index in [0.717, 1.165) is 19.0 Å². The van der Waals surface area contributed by atoms with Crippen LogP contribution in [0, 0.1) is 5.92 Å². The Bertz CT molecular complexity index is 193. The molecule has 3 N–H and O–H groups in total. The normalized spacial score (nSPS) is 42.0. The van der Waals surface area contributed by atoms with Crippen molar-refractivity contribution in [2.24, 2.45) is 11.7 Å². The van der Waals surface area contributed by atoms with E-state index in [2.05, 4.69) is 24.1 Å². The molecule has 1 unspecified atom stereocenters. The second kappa shape index (κ2) is 3.80. The fraction of sp³-hybridized carbons (Fsp3) is 1.00. The van der Waals surface area contributed by atoms with Crippen LogP contribution in [-0.2, 0) is 0 Å². The highest BCUT2D eigenvalue weighted by Gasteiger charge is 2.45. The molecule has 3 nitrogen and oxygen atoms in total. The van der Waals surface area contributed by atoms with Crippen LogP contribution in [0.1, 0.15) is 26.7 Å². The van der Waals surface area contributed by atoms with Crippen molar-refractivity contribution in [1.29, 1.82) is 0 Å². The smallest absolute Gasteiger partial charge is 0.0463 e. The van der Waals surface area contributed by atoms with E-state index in [4.69, 9.17) is 5.73 Å². The molecular weight excluding hydrogens is 174 g/mol. The van der Waals surface area contributed by atoms with Crippen LogP contribution in [-0.4, -0.2) is 42.7 Å². The Hall–Kier alpha value is -0.120. The Kier molecular flexibility index (Phi) is 2.82. The number of nitrogens with two attached hydrogens (primary N) is 1. The van der Waals surface area contributed by atoms with Gasteiger partial charge in [-0.15, -0.1) is 0 Å². The topological polar surface area (TPSA) is 41.3 Å². The summed E-state index contributed by atoms with van der Waals surface area (Å²) in [6.07, 6.45) is 2.66. The molecule has 3 saturated heterocycles. The van der Waals surface area contributed by atoms with Crippen molar-refractivity contribution in [3.8, 4) is 0 Å². The first-order chi connectivity index (χ1) is 6.66. The quantitative estimate of drug-likeness (QED) is 0.688. The average Bonchev–Trinajstić information content (AvgIpc) is 2.18. The first-order valence-corrected chi connectivity index (χ1v) is 5.86. The van der Waals surface area contributed by atoms with Gasteiger partial charge in [-0.1, -0.05) is 13.8 Å². The molecule has 0 aromatic heterocycles. The summed E-state index contributed by atoms with van der Waals surface area (Å²) in [5.41, 5.74) is 6.20. The molecule has 1 atom stereocenters. The summed E-state index contributed by atoms with van der Waals surface area (Å²) >= 11 is 0. The lowest BCUT2D eigenvalue weighted by Gasteiger charge is -2.54. The number of hydrogen-bond acceptors (Lipinski definition) is 3. The van der Waals surface area contributed by atoms with Gasteiger partial charge in [-0.25, -0.2) is 0 Å². The number of rotatable bonds is 3. The summed E-state index contributed by atoms with van der Waals surface area (Å²) in [5, 5.41) is 3.71. The molecule has 2 bridgehead atoms. The zero-order chi connectivity index (χ0) is 10.2. The number of nitrogens with one attached hydrogen (secondary N) is 1. The molecule has 3 heteroatoms. The molecule has 3 aliphatic rings. The number of piperidine rings is 3. The SMILES string of the molecule is CC(C)NC1(CN)CN2CCC1CC2. The van der Waals surface area contributed by atoms with Crippen LogP contribution in [0.15, 0.2) is 0 Å². The van der Waals surface area contributed by atoms with E-state index in [1.54, 1.807) is 0 Å². The second-order valence-electron chi connectivity index (χ2n) is 5.21. The van der Waals surface area contributed by atoms with E-state index in [1.165, 1.54) is 25.9 Å². The van der Waals surface area contributed by atoms with Gasteiger partial charge in [0.1, 0.15) is 0 Å². The van der Waals surface area contributed by atoms with Crippen LogP contribution in [0.4, 0.5) is 0 Å². The largest absolute Gasteiger partial charge is 0.329 e. The maximum atomic E-state index is 5.98. The van der Waals surface area contributed by atoms with Crippen molar-refractivity contribution in [3.63, 3.8) is 0 Å². The van der Waals surface area contributed by atoms with Crippen molar-refractivity contribution < 1.29 is 0 Å². The fourth-order valence-electron chi connectivity index (χ4n) is 3.20. The summed E-state index contributed by atoms with van der Waals surface area (Å²) in [5.74, 6) is 0.805. The molecule has 3 fully saturated rings. The molecule has 0 aromatic rings. The third-order valence-corrected chi connectivity index (χ3v) is 3.82. The first kappa shape index (κ1) is 10.4. The van der Waals surface area contributed by atoms with Gasteiger partial charge in [0.15, 0.2) is 0 Å². The third-order valence-electron chi connectivity index (χ3n) is 3.82. The van der Waals surface area contributed by atoms with Gasteiger partial charge in [0.05, 0.1) is 0 Å². The van der Waals surface area contributed by atoms with Crippen molar-refractivity contribution >= 4 is 0 Å². The van der Waals surface area contributed by atoms with Crippen LogP contribution < -0.4 is 11.1 Å². The van der Waals surface area contributed by atoms with Crippen LogP contribution in [0.25, 0.3) is 0 Å². The highest BCUT2D eigenvalue weighted by atomic mass is 15.2. The van der Waals surface area contributed by atoms with Crippen molar-refractivity contribution in [2.45, 2.75) is 38.3 Å². The van der Waals surface area contributed by atoms with E-state index in [9.17, 15) is 0 Å². The van der Waals surface area contributed by atoms with Crippen molar-refractivity contribution in [2.75, 3.05) is 26.2 Å². The number of nitrogens with zero attached hydrogens (tertiary/aromatic N) is 1. The molecule has 82 valence electrons. The monoisotopic (exact) mass is 197 g/mol. The van der Waals surface area contributed by atoms with E-state index in [-0.39, 0.29) is 5.54 Å². The number of fused-ring (bicyclic) bond motifs is 3. The molecular formula is C11H23N3. The molecule has 0 amide bonds. The summed E-state index contributed by atoms with van der Waals surface area (Å²) in [4.78, 5) is 2.56. The molecule has 14 heavy (non-hydrogen) atoms. The van der Waals surface area contributed by atoms with E-state index < -0.39 is 0 Å². The summed E-state index contributed by atoms with van der Waals surface area (Å²) in [6, 6.07) is 0.541. The third kappa shape index (κ3) is 1.69. The molecule has 0 radical (unpaired) electrons. The average molecular weight is 197 g/mol. The molecule has 0 aliphatic carbocycles. The number of hydrogen-bond donors (Lipinski definition) is 2. The predicted octanol–water partition coefficient (Wildman–Crippen LogP) is 0.408. The Morgan fingerprint density at radius 1 is 1.43 bits per heavy atom. The van der Waals surface area contributed by atoms with Crippen LogP contribution in [0.2, 0.25) is 0 Å². The molecule has 0 spiro atoms. The van der Waals surface area contributed by atoms with Gasteiger partial charge < -0.3 is 16.0 Å². The second-order valence-corrected chi connectivity index (χ2v) is 5.21. The van der Waals surface area contributed by atoms with Gasteiger partial charge in [-0.2, -0.15) is 0 Å². The summed E-state index contributed by atoms with van der Waals surface area (Å²) in [7, 11) is 0. The molecule has 3 rings (SSSR count). The zero-order valence-corrected chi connectivity index (χ0v) is 9.42. The predicted molar refractivity (Wildman–Crippen MR) is 59.2 cm³/mol. The van der Waals surface area contributed by atoms with Gasteiger partial charge in [0.2, 0.25) is 0 Å². The van der Waals surface area contributed by atoms with Gasteiger partial charge >= 0.3 is 0 Å². The summed E-state index contributed by atoms with van der Waals surface area (Å²) < 4.78 is 0. The van der Waals surface area contributed by atoms with Gasteiger partial charge in [0, 0.05) is 24.7 Å². The lowest BCUT2D eigenvalue weighted by molar-refractivity contribution is 0.00658. The minimum absolute atomic E-state index is 0.213. The Balaban J connectivity index is 2.11. The minimum atomic E-state index is 0.213. The maximum absolute atomic E-state index is 5.98. The van der Waals surface area contributed by atoms with Crippen LogP contribution in [0.3, 0.4) is 0 Å². The lowest BCUT2D eigenvalue weighted by atomic mass is 9.72. The molecule has 0 saturated carbocycles. The van der Waals surface area contributed by atoms with Crippen molar-refractivity contribution in [1.82, 2.24) is 10.2 Å². The first-order valence-electron chi connectivity index (χ1n) is 5.86. The highest BCUT2D eigenvalue weighted by molar-refractivity contribution is 5.05. The fourth-order valence-corrected chi connectivity index (χ4v) is 3.20. The Morgan fingerprint density at radius 2 is 2.07 bits per heavy atom. The lowest BCUT2D eigenvalue weighted by Crippen LogP contribution is -2.70. The van der Waals surface area contributed by atoms with Crippen LogP contribution >= 0.6 is 0 Å². The van der Waals surface area contributed by atoms with E-state index >= 15 is 0 Å². The molecule has 3 heterocycles. The molecule has 0 aromatic carbocycles. The molecule has 3 aliphatic heterocycles. The van der Waals surface area contributed by atoms with Gasteiger partial charge in [-0.05, 0) is 31.8 Å².